The number of nitrogen functional groups attached to an aromatic ring is 1. The summed E-state index contributed by atoms with van der Waals surface area (Å²) < 4.78 is 0. The SMILES string of the molecule is CCc1cc(-c2cnc(N)s2)ccc1NC=O. The highest BCUT2D eigenvalue weighted by Gasteiger charge is 2.06. The Balaban J connectivity index is 2.40. The number of amides is 1. The van der Waals surface area contributed by atoms with Crippen molar-refractivity contribution in [1.82, 2.24) is 4.98 Å². The molecule has 4 nitrogen and oxygen atoms in total. The third-order valence-electron chi connectivity index (χ3n) is 2.51. The van der Waals surface area contributed by atoms with Crippen LogP contribution in [0.5, 0.6) is 0 Å². The fraction of sp³-hybridized carbons (Fsp3) is 0.167. The maximum Gasteiger partial charge on any atom is 0.211 e. The number of rotatable bonds is 4. The summed E-state index contributed by atoms with van der Waals surface area (Å²) in [6.45, 7) is 2.05. The molecule has 0 spiro atoms. The second-order valence-corrected chi connectivity index (χ2v) is 4.61. The van der Waals surface area contributed by atoms with Gasteiger partial charge in [0.25, 0.3) is 0 Å². The standard InChI is InChI=1S/C12H13N3OS/c1-2-8-5-9(3-4-10(8)15-7-16)11-6-14-12(13)17-11/h3-7H,2H2,1H3,(H2,13,14)(H,15,16). The Labute approximate surface area is 103 Å². The first kappa shape index (κ1) is 11.6. The predicted molar refractivity (Wildman–Crippen MR) is 71.0 cm³/mol. The number of benzene rings is 1. The molecule has 17 heavy (non-hydrogen) atoms. The van der Waals surface area contributed by atoms with Gasteiger partial charge in [0.15, 0.2) is 5.13 Å². The molecule has 88 valence electrons. The Hall–Kier alpha value is -1.88. The van der Waals surface area contributed by atoms with Crippen LogP contribution >= 0.6 is 11.3 Å². The number of anilines is 2. The highest BCUT2D eigenvalue weighted by molar-refractivity contribution is 7.18. The van der Waals surface area contributed by atoms with Crippen molar-refractivity contribution < 1.29 is 4.79 Å². The van der Waals surface area contributed by atoms with Crippen molar-refractivity contribution in [2.24, 2.45) is 0 Å². The highest BCUT2D eigenvalue weighted by Crippen LogP contribution is 2.30. The second kappa shape index (κ2) is 4.97. The summed E-state index contributed by atoms with van der Waals surface area (Å²) in [4.78, 5) is 15.5. The van der Waals surface area contributed by atoms with E-state index in [1.54, 1.807) is 6.20 Å². The molecular formula is C12H13N3OS. The Kier molecular flexibility index (Phi) is 3.39. The first-order valence-corrected chi connectivity index (χ1v) is 6.11. The smallest absolute Gasteiger partial charge is 0.211 e. The highest BCUT2D eigenvalue weighted by atomic mass is 32.1. The molecule has 5 heteroatoms. The normalized spacial score (nSPS) is 10.2. The lowest BCUT2D eigenvalue weighted by atomic mass is 10.1. The monoisotopic (exact) mass is 247 g/mol. The molecule has 1 aromatic heterocycles. The number of hydrogen-bond donors (Lipinski definition) is 2. The minimum atomic E-state index is 0.563. The van der Waals surface area contributed by atoms with Gasteiger partial charge in [0.05, 0.1) is 4.88 Å². The van der Waals surface area contributed by atoms with Gasteiger partial charge in [-0.2, -0.15) is 0 Å². The van der Waals surface area contributed by atoms with Crippen molar-refractivity contribution in [1.29, 1.82) is 0 Å². The number of hydrogen-bond acceptors (Lipinski definition) is 4. The van der Waals surface area contributed by atoms with Crippen molar-refractivity contribution >= 4 is 28.6 Å². The van der Waals surface area contributed by atoms with Crippen molar-refractivity contribution in [3.8, 4) is 10.4 Å². The van der Waals surface area contributed by atoms with Gasteiger partial charge in [0.2, 0.25) is 6.41 Å². The van der Waals surface area contributed by atoms with E-state index in [1.807, 2.05) is 12.1 Å². The van der Waals surface area contributed by atoms with Crippen molar-refractivity contribution in [3.63, 3.8) is 0 Å². The molecule has 0 saturated carbocycles. The lowest BCUT2D eigenvalue weighted by molar-refractivity contribution is -0.105. The molecule has 2 rings (SSSR count). The van der Waals surface area contributed by atoms with Crippen LogP contribution in [0.15, 0.2) is 24.4 Å². The molecule has 0 saturated heterocycles. The van der Waals surface area contributed by atoms with E-state index in [0.717, 1.165) is 28.1 Å². The number of aryl methyl sites for hydroxylation is 1. The fourth-order valence-corrected chi connectivity index (χ4v) is 2.35. The average Bonchev–Trinajstić information content (AvgIpc) is 2.77. The maximum atomic E-state index is 10.5. The minimum absolute atomic E-state index is 0.563. The van der Waals surface area contributed by atoms with E-state index < -0.39 is 0 Å². The van der Waals surface area contributed by atoms with Crippen LogP contribution in [0.4, 0.5) is 10.8 Å². The molecule has 3 N–H and O–H groups in total. The number of thiazole rings is 1. The van der Waals surface area contributed by atoms with E-state index in [1.165, 1.54) is 11.3 Å². The summed E-state index contributed by atoms with van der Waals surface area (Å²) in [5.74, 6) is 0. The van der Waals surface area contributed by atoms with Crippen LogP contribution in [0, 0.1) is 0 Å². The number of aromatic nitrogens is 1. The lowest BCUT2D eigenvalue weighted by Gasteiger charge is -2.08. The number of nitrogens with two attached hydrogens (primary N) is 1. The first-order chi connectivity index (χ1) is 8.24. The fourth-order valence-electron chi connectivity index (χ4n) is 1.66. The topological polar surface area (TPSA) is 68.0 Å². The summed E-state index contributed by atoms with van der Waals surface area (Å²) >= 11 is 1.46. The van der Waals surface area contributed by atoms with Crippen molar-refractivity contribution in [2.75, 3.05) is 11.1 Å². The molecule has 0 radical (unpaired) electrons. The molecule has 0 aliphatic rings. The van der Waals surface area contributed by atoms with Gasteiger partial charge in [0, 0.05) is 11.9 Å². The maximum absolute atomic E-state index is 10.5. The Morgan fingerprint density at radius 2 is 2.35 bits per heavy atom. The van der Waals surface area contributed by atoms with Gasteiger partial charge in [0.1, 0.15) is 0 Å². The van der Waals surface area contributed by atoms with Gasteiger partial charge in [-0.3, -0.25) is 4.79 Å². The molecular weight excluding hydrogens is 234 g/mol. The van der Waals surface area contributed by atoms with E-state index in [-0.39, 0.29) is 0 Å². The number of nitrogens with zero attached hydrogens (tertiary/aromatic N) is 1. The zero-order valence-electron chi connectivity index (χ0n) is 9.43. The summed E-state index contributed by atoms with van der Waals surface area (Å²) in [5.41, 5.74) is 8.64. The Bertz CT molecular complexity index is 536. The zero-order chi connectivity index (χ0) is 12.3. The quantitative estimate of drug-likeness (QED) is 0.816. The number of carbonyl (C=O) groups is 1. The molecule has 1 heterocycles. The molecule has 2 aromatic rings. The molecule has 0 fully saturated rings. The van der Waals surface area contributed by atoms with E-state index in [4.69, 9.17) is 5.73 Å². The van der Waals surface area contributed by atoms with Crippen LogP contribution in [-0.4, -0.2) is 11.4 Å². The number of carbonyl (C=O) groups excluding carboxylic acids is 1. The third kappa shape index (κ3) is 2.45. The van der Waals surface area contributed by atoms with Gasteiger partial charge in [-0.1, -0.05) is 24.3 Å². The first-order valence-electron chi connectivity index (χ1n) is 5.29. The van der Waals surface area contributed by atoms with Crippen LogP contribution in [-0.2, 0) is 11.2 Å². The van der Waals surface area contributed by atoms with Crippen molar-refractivity contribution in [2.45, 2.75) is 13.3 Å². The van der Waals surface area contributed by atoms with Gasteiger partial charge < -0.3 is 11.1 Å². The van der Waals surface area contributed by atoms with E-state index in [0.29, 0.717) is 11.5 Å². The van der Waals surface area contributed by atoms with E-state index >= 15 is 0 Å². The molecule has 1 amide bonds. The molecule has 1 aromatic carbocycles. The van der Waals surface area contributed by atoms with Crippen LogP contribution in [0.1, 0.15) is 12.5 Å². The molecule has 0 bridgehead atoms. The average molecular weight is 247 g/mol. The second-order valence-electron chi connectivity index (χ2n) is 3.55. The van der Waals surface area contributed by atoms with Gasteiger partial charge >= 0.3 is 0 Å². The van der Waals surface area contributed by atoms with Crippen molar-refractivity contribution in [3.05, 3.63) is 30.0 Å². The van der Waals surface area contributed by atoms with E-state index in [2.05, 4.69) is 23.3 Å². The zero-order valence-corrected chi connectivity index (χ0v) is 10.3. The lowest BCUT2D eigenvalue weighted by Crippen LogP contribution is -1.98. The summed E-state index contributed by atoms with van der Waals surface area (Å²) in [6.07, 6.45) is 3.32. The molecule has 0 atom stereocenters. The van der Waals surface area contributed by atoms with Crippen LogP contribution in [0.2, 0.25) is 0 Å². The van der Waals surface area contributed by atoms with Gasteiger partial charge in [-0.15, -0.1) is 0 Å². The molecule has 0 unspecified atom stereocenters. The predicted octanol–water partition coefficient (Wildman–Crippen LogP) is 2.52. The summed E-state index contributed by atoms with van der Waals surface area (Å²) in [7, 11) is 0. The Morgan fingerprint density at radius 3 is 2.94 bits per heavy atom. The third-order valence-corrected chi connectivity index (χ3v) is 3.38. The summed E-state index contributed by atoms with van der Waals surface area (Å²) in [5, 5.41) is 3.26. The largest absolute Gasteiger partial charge is 0.375 e. The van der Waals surface area contributed by atoms with Crippen LogP contribution in [0.25, 0.3) is 10.4 Å². The molecule has 0 aliphatic carbocycles. The van der Waals surface area contributed by atoms with Crippen LogP contribution < -0.4 is 11.1 Å². The van der Waals surface area contributed by atoms with E-state index in [9.17, 15) is 4.79 Å². The molecule has 0 aliphatic heterocycles. The Morgan fingerprint density at radius 1 is 1.53 bits per heavy atom. The van der Waals surface area contributed by atoms with Gasteiger partial charge in [-0.25, -0.2) is 4.98 Å². The van der Waals surface area contributed by atoms with Gasteiger partial charge in [-0.05, 0) is 29.7 Å². The summed E-state index contributed by atoms with van der Waals surface area (Å²) in [6, 6.07) is 5.91. The van der Waals surface area contributed by atoms with Crippen LogP contribution in [0.3, 0.4) is 0 Å². The number of nitrogens with one attached hydrogen (secondary N) is 1. The minimum Gasteiger partial charge on any atom is -0.375 e.